The number of benzene rings is 1. The van der Waals surface area contributed by atoms with Crippen molar-refractivity contribution in [3.8, 4) is 0 Å². The van der Waals surface area contributed by atoms with E-state index in [1.165, 1.54) is 5.56 Å². The van der Waals surface area contributed by atoms with Crippen LogP contribution in [-0.4, -0.2) is 29.6 Å². The van der Waals surface area contributed by atoms with Gasteiger partial charge in [0.1, 0.15) is 0 Å². The number of amides is 1. The third-order valence-corrected chi connectivity index (χ3v) is 4.37. The van der Waals surface area contributed by atoms with Crippen LogP contribution in [0.25, 0.3) is 0 Å². The molecule has 0 aliphatic carbocycles. The Bertz CT molecular complexity index is 450. The van der Waals surface area contributed by atoms with Gasteiger partial charge in [-0.15, -0.1) is 0 Å². The van der Waals surface area contributed by atoms with Gasteiger partial charge in [0, 0.05) is 6.04 Å². The minimum absolute atomic E-state index is 0.0278. The van der Waals surface area contributed by atoms with Gasteiger partial charge in [0.25, 0.3) is 0 Å². The molecule has 110 valence electrons. The summed E-state index contributed by atoms with van der Waals surface area (Å²) in [4.78, 5) is 14.5. The van der Waals surface area contributed by atoms with Gasteiger partial charge in [-0.3, -0.25) is 10.1 Å². The molecule has 1 aliphatic rings. The van der Waals surface area contributed by atoms with E-state index >= 15 is 0 Å². The molecule has 3 nitrogen and oxygen atoms in total. The van der Waals surface area contributed by atoms with Crippen molar-refractivity contribution in [2.24, 2.45) is 5.41 Å². The van der Waals surface area contributed by atoms with Crippen molar-refractivity contribution in [1.29, 1.82) is 0 Å². The molecule has 1 aliphatic heterocycles. The van der Waals surface area contributed by atoms with E-state index in [1.54, 1.807) is 0 Å². The van der Waals surface area contributed by atoms with Crippen molar-refractivity contribution in [3.05, 3.63) is 35.9 Å². The van der Waals surface area contributed by atoms with E-state index in [2.05, 4.69) is 45.1 Å². The lowest BCUT2D eigenvalue weighted by molar-refractivity contribution is -0.132. The average Bonchev–Trinajstić information content (AvgIpc) is 2.77. The van der Waals surface area contributed by atoms with Crippen LogP contribution in [0.1, 0.15) is 39.7 Å². The van der Waals surface area contributed by atoms with Crippen molar-refractivity contribution in [3.63, 3.8) is 0 Å². The van der Waals surface area contributed by atoms with E-state index in [0.29, 0.717) is 6.67 Å². The summed E-state index contributed by atoms with van der Waals surface area (Å²) in [5.41, 5.74) is 1.41. The number of rotatable bonds is 4. The molecule has 1 heterocycles. The van der Waals surface area contributed by atoms with Crippen LogP contribution in [-0.2, 0) is 11.2 Å². The maximum absolute atomic E-state index is 12.5. The highest BCUT2D eigenvalue weighted by Crippen LogP contribution is 2.26. The van der Waals surface area contributed by atoms with E-state index in [9.17, 15) is 4.79 Å². The summed E-state index contributed by atoms with van der Waals surface area (Å²) in [5.74, 6) is 0.253. The maximum atomic E-state index is 12.5. The zero-order valence-corrected chi connectivity index (χ0v) is 13.0. The smallest absolute Gasteiger partial charge is 0.241 e. The normalized spacial score (nSPS) is 21.3. The van der Waals surface area contributed by atoms with Gasteiger partial charge in [0.05, 0.1) is 12.7 Å². The van der Waals surface area contributed by atoms with Crippen LogP contribution < -0.4 is 5.32 Å². The van der Waals surface area contributed by atoms with Crippen LogP contribution in [0.5, 0.6) is 0 Å². The Morgan fingerprint density at radius 2 is 1.95 bits per heavy atom. The second-order valence-corrected chi connectivity index (χ2v) is 6.79. The number of carbonyl (C=O) groups excluding carboxylic acids is 1. The molecule has 2 rings (SSSR count). The topological polar surface area (TPSA) is 32.3 Å². The van der Waals surface area contributed by atoms with Crippen LogP contribution in [0.2, 0.25) is 0 Å². The minimum Gasteiger partial charge on any atom is -0.325 e. The van der Waals surface area contributed by atoms with E-state index in [4.69, 9.17) is 0 Å². The molecule has 0 bridgehead atoms. The molecular formula is C17H26N2O. The number of aryl methyl sites for hydroxylation is 1. The van der Waals surface area contributed by atoms with Gasteiger partial charge < -0.3 is 4.90 Å². The molecule has 1 saturated heterocycles. The zero-order chi connectivity index (χ0) is 14.8. The lowest BCUT2D eigenvalue weighted by Crippen LogP contribution is -2.44. The molecule has 0 radical (unpaired) electrons. The Kier molecular flexibility index (Phi) is 4.48. The first-order valence-corrected chi connectivity index (χ1v) is 7.47. The lowest BCUT2D eigenvalue weighted by atomic mass is 9.87. The Balaban J connectivity index is 1.91. The van der Waals surface area contributed by atoms with Crippen LogP contribution in [0.3, 0.4) is 0 Å². The lowest BCUT2D eigenvalue weighted by Gasteiger charge is -2.34. The molecule has 1 aromatic carbocycles. The summed E-state index contributed by atoms with van der Waals surface area (Å²) in [6.45, 7) is 9.36. The standard InChI is InChI=1S/C17H26N2O/c1-13(17(2,3)4)19-12-18-15(16(19)20)11-10-14-8-6-5-7-9-14/h5-9,13,15,18H,10-12H2,1-4H3. The summed E-state index contributed by atoms with van der Waals surface area (Å²) in [6, 6.07) is 10.6. The average molecular weight is 274 g/mol. The van der Waals surface area contributed by atoms with Crippen molar-refractivity contribution < 1.29 is 4.79 Å². The highest BCUT2D eigenvalue weighted by Gasteiger charge is 2.37. The molecule has 20 heavy (non-hydrogen) atoms. The molecular weight excluding hydrogens is 248 g/mol. The van der Waals surface area contributed by atoms with E-state index < -0.39 is 0 Å². The molecule has 1 amide bonds. The number of hydrogen-bond acceptors (Lipinski definition) is 2. The third-order valence-electron chi connectivity index (χ3n) is 4.37. The number of nitrogens with zero attached hydrogens (tertiary/aromatic N) is 1. The van der Waals surface area contributed by atoms with Crippen molar-refractivity contribution >= 4 is 5.91 Å². The first kappa shape index (κ1) is 15.0. The largest absolute Gasteiger partial charge is 0.325 e. The van der Waals surface area contributed by atoms with Crippen molar-refractivity contribution in [2.75, 3.05) is 6.67 Å². The second kappa shape index (κ2) is 5.96. The van der Waals surface area contributed by atoms with Gasteiger partial charge >= 0.3 is 0 Å². The van der Waals surface area contributed by atoms with Crippen LogP contribution in [0.4, 0.5) is 0 Å². The molecule has 2 atom stereocenters. The Morgan fingerprint density at radius 3 is 2.55 bits per heavy atom. The van der Waals surface area contributed by atoms with Gasteiger partial charge in [0.2, 0.25) is 5.91 Å². The fraction of sp³-hybridized carbons (Fsp3) is 0.588. The third kappa shape index (κ3) is 3.40. The summed E-state index contributed by atoms with van der Waals surface area (Å²) in [6.07, 6.45) is 1.82. The Morgan fingerprint density at radius 1 is 1.30 bits per heavy atom. The first-order valence-electron chi connectivity index (χ1n) is 7.47. The van der Waals surface area contributed by atoms with Gasteiger partial charge in [-0.2, -0.15) is 0 Å². The highest BCUT2D eigenvalue weighted by molar-refractivity contribution is 5.84. The Hall–Kier alpha value is -1.35. The number of nitrogens with one attached hydrogen (secondary N) is 1. The minimum atomic E-state index is -0.0278. The Labute approximate surface area is 122 Å². The number of hydrogen-bond donors (Lipinski definition) is 1. The van der Waals surface area contributed by atoms with Crippen LogP contribution >= 0.6 is 0 Å². The zero-order valence-electron chi connectivity index (χ0n) is 13.0. The second-order valence-electron chi connectivity index (χ2n) is 6.79. The summed E-state index contributed by atoms with van der Waals surface area (Å²) in [7, 11) is 0. The number of carbonyl (C=O) groups is 1. The summed E-state index contributed by atoms with van der Waals surface area (Å²) >= 11 is 0. The van der Waals surface area contributed by atoms with Gasteiger partial charge in [-0.25, -0.2) is 0 Å². The molecule has 0 aromatic heterocycles. The van der Waals surface area contributed by atoms with Crippen molar-refractivity contribution in [2.45, 2.75) is 52.6 Å². The molecule has 1 N–H and O–H groups in total. The maximum Gasteiger partial charge on any atom is 0.241 e. The SMILES string of the molecule is CC(N1CNC(CCc2ccccc2)C1=O)C(C)(C)C. The van der Waals surface area contributed by atoms with Gasteiger partial charge in [0.15, 0.2) is 0 Å². The van der Waals surface area contributed by atoms with E-state index in [-0.39, 0.29) is 23.4 Å². The predicted molar refractivity (Wildman–Crippen MR) is 82.3 cm³/mol. The molecule has 1 fully saturated rings. The highest BCUT2D eigenvalue weighted by atomic mass is 16.2. The molecule has 0 spiro atoms. The predicted octanol–water partition coefficient (Wildman–Crippen LogP) is 2.81. The van der Waals surface area contributed by atoms with Gasteiger partial charge in [-0.05, 0) is 30.7 Å². The van der Waals surface area contributed by atoms with Gasteiger partial charge in [-0.1, -0.05) is 51.1 Å². The van der Waals surface area contributed by atoms with E-state index in [1.807, 2.05) is 23.1 Å². The van der Waals surface area contributed by atoms with Crippen LogP contribution in [0.15, 0.2) is 30.3 Å². The molecule has 1 aromatic rings. The van der Waals surface area contributed by atoms with E-state index in [0.717, 1.165) is 12.8 Å². The molecule has 2 unspecified atom stereocenters. The fourth-order valence-corrected chi connectivity index (χ4v) is 2.55. The monoisotopic (exact) mass is 274 g/mol. The quantitative estimate of drug-likeness (QED) is 0.915. The summed E-state index contributed by atoms with van der Waals surface area (Å²) < 4.78 is 0. The molecule has 3 heteroatoms. The fourth-order valence-electron chi connectivity index (χ4n) is 2.55. The van der Waals surface area contributed by atoms with Crippen molar-refractivity contribution in [1.82, 2.24) is 10.2 Å². The first-order chi connectivity index (χ1) is 9.39. The summed E-state index contributed by atoms with van der Waals surface area (Å²) in [5, 5.41) is 3.36. The van der Waals surface area contributed by atoms with Crippen LogP contribution in [0, 0.1) is 5.41 Å². The molecule has 0 saturated carbocycles.